The van der Waals surface area contributed by atoms with E-state index in [0.717, 1.165) is 26.1 Å². The van der Waals surface area contributed by atoms with Crippen LogP contribution in [0.2, 0.25) is 0 Å². The van der Waals surface area contributed by atoms with Gasteiger partial charge in [-0.2, -0.15) is 5.26 Å². The fourth-order valence-corrected chi connectivity index (χ4v) is 2.68. The minimum atomic E-state index is -4.56. The van der Waals surface area contributed by atoms with Gasteiger partial charge in [-0.1, -0.05) is 6.92 Å². The summed E-state index contributed by atoms with van der Waals surface area (Å²) < 4.78 is 43.6. The first-order chi connectivity index (χ1) is 11.1. The molecule has 0 radical (unpaired) electrons. The number of halogens is 3. The lowest BCUT2D eigenvalue weighted by Crippen LogP contribution is -2.43. The van der Waals surface area contributed by atoms with E-state index in [0.29, 0.717) is 18.6 Å². The van der Waals surface area contributed by atoms with Crippen LogP contribution >= 0.6 is 0 Å². The van der Waals surface area contributed by atoms with Crippen molar-refractivity contribution in [3.05, 3.63) is 0 Å². The van der Waals surface area contributed by atoms with Crippen LogP contribution in [0, 0.1) is 16.7 Å². The van der Waals surface area contributed by atoms with Gasteiger partial charge in [-0.15, -0.1) is 13.2 Å². The van der Waals surface area contributed by atoms with Gasteiger partial charge in [0.25, 0.3) is 0 Å². The third-order valence-corrected chi connectivity index (χ3v) is 4.47. The summed E-state index contributed by atoms with van der Waals surface area (Å²) in [6.07, 6.45) is -1.95. The van der Waals surface area contributed by atoms with Crippen molar-refractivity contribution in [1.29, 1.82) is 5.26 Å². The summed E-state index contributed by atoms with van der Waals surface area (Å²) in [6.45, 7) is 5.80. The molecule has 2 rings (SSSR count). The molecule has 0 spiro atoms. The largest absolute Gasteiger partial charge is 0.522 e. The quantitative estimate of drug-likeness (QED) is 0.782. The molecule has 0 aromatic rings. The van der Waals surface area contributed by atoms with Gasteiger partial charge >= 0.3 is 6.36 Å². The van der Waals surface area contributed by atoms with Crippen LogP contribution in [0.4, 0.5) is 13.2 Å². The standard InChI is InChI=1S/C9H16N2.C7H12F3NO2/c1-9(3-6-10)4-7-11(2)8-5-9;1-11-2-3-12-6(4-11)5-13-7(8,9)10/h3-5,7-8H2,1-2H3;6H,2-5H2,1H3. The molecule has 1 atom stereocenters. The number of alkyl halides is 3. The van der Waals surface area contributed by atoms with Gasteiger partial charge in [-0.05, 0) is 45.4 Å². The highest BCUT2D eigenvalue weighted by atomic mass is 19.4. The molecular formula is C16H28F3N3O2. The Bertz CT molecular complexity index is 404. The number of likely N-dealkylation sites (tertiary alicyclic amines) is 1. The number of nitriles is 1. The first-order valence-corrected chi connectivity index (χ1v) is 8.20. The van der Waals surface area contributed by atoms with Gasteiger partial charge in [0.1, 0.15) is 0 Å². The monoisotopic (exact) mass is 351 g/mol. The van der Waals surface area contributed by atoms with Crippen molar-refractivity contribution in [1.82, 2.24) is 9.80 Å². The third-order valence-electron chi connectivity index (χ3n) is 4.47. The predicted molar refractivity (Wildman–Crippen MR) is 84.3 cm³/mol. The van der Waals surface area contributed by atoms with Crippen molar-refractivity contribution in [3.8, 4) is 6.07 Å². The highest BCUT2D eigenvalue weighted by Gasteiger charge is 2.31. The second-order valence-corrected chi connectivity index (χ2v) is 6.96. The summed E-state index contributed by atoms with van der Waals surface area (Å²) in [5.41, 5.74) is 0.307. The maximum atomic E-state index is 11.6. The van der Waals surface area contributed by atoms with E-state index < -0.39 is 19.1 Å². The highest BCUT2D eigenvalue weighted by molar-refractivity contribution is 4.89. The van der Waals surface area contributed by atoms with E-state index in [-0.39, 0.29) is 0 Å². The molecule has 0 aromatic heterocycles. The van der Waals surface area contributed by atoms with E-state index in [1.165, 1.54) is 12.8 Å². The summed E-state index contributed by atoms with van der Waals surface area (Å²) in [4.78, 5) is 4.24. The summed E-state index contributed by atoms with van der Waals surface area (Å²) in [7, 11) is 3.98. The molecule has 0 saturated carbocycles. The van der Waals surface area contributed by atoms with E-state index in [4.69, 9.17) is 10.00 Å². The second-order valence-electron chi connectivity index (χ2n) is 6.96. The smallest absolute Gasteiger partial charge is 0.373 e. The highest BCUT2D eigenvalue weighted by Crippen LogP contribution is 2.33. The Morgan fingerprint density at radius 3 is 2.33 bits per heavy atom. The van der Waals surface area contributed by atoms with Crippen molar-refractivity contribution in [3.63, 3.8) is 0 Å². The van der Waals surface area contributed by atoms with E-state index in [1.807, 2.05) is 11.9 Å². The lowest BCUT2D eigenvalue weighted by atomic mass is 9.78. The fraction of sp³-hybridized carbons (Fsp3) is 0.938. The summed E-state index contributed by atoms with van der Waals surface area (Å²) in [5.74, 6) is 0. The average Bonchev–Trinajstić information content (AvgIpc) is 2.49. The SMILES string of the molecule is CN1CCC(C)(CC#N)CC1.CN1CCOC(COC(F)(F)F)C1. The van der Waals surface area contributed by atoms with Gasteiger partial charge in [0.15, 0.2) is 0 Å². The molecule has 2 aliphatic rings. The minimum Gasteiger partial charge on any atom is -0.373 e. The molecule has 0 bridgehead atoms. The van der Waals surface area contributed by atoms with Gasteiger partial charge in [-0.3, -0.25) is 4.74 Å². The van der Waals surface area contributed by atoms with Crippen molar-refractivity contribution >= 4 is 0 Å². The average molecular weight is 351 g/mol. The van der Waals surface area contributed by atoms with Crippen molar-refractivity contribution in [2.45, 2.75) is 38.7 Å². The normalized spacial score (nSPS) is 25.5. The maximum absolute atomic E-state index is 11.6. The van der Waals surface area contributed by atoms with E-state index in [1.54, 1.807) is 0 Å². The van der Waals surface area contributed by atoms with Gasteiger partial charge in [0.2, 0.25) is 0 Å². The molecule has 2 aliphatic heterocycles. The van der Waals surface area contributed by atoms with Crippen LogP contribution in [-0.4, -0.2) is 75.8 Å². The predicted octanol–water partition coefficient (Wildman–Crippen LogP) is 2.49. The lowest BCUT2D eigenvalue weighted by molar-refractivity contribution is -0.333. The number of nitrogens with zero attached hydrogens (tertiary/aromatic N) is 3. The number of ether oxygens (including phenoxy) is 2. The van der Waals surface area contributed by atoms with Crippen molar-refractivity contribution in [2.75, 3.05) is 53.5 Å². The number of hydrogen-bond acceptors (Lipinski definition) is 5. The van der Waals surface area contributed by atoms with Crippen molar-refractivity contribution in [2.24, 2.45) is 5.41 Å². The molecular weight excluding hydrogens is 323 g/mol. The number of rotatable bonds is 3. The van der Waals surface area contributed by atoms with Gasteiger partial charge in [0.05, 0.1) is 25.4 Å². The van der Waals surface area contributed by atoms with Gasteiger partial charge in [0, 0.05) is 19.5 Å². The third kappa shape index (κ3) is 8.83. The molecule has 2 saturated heterocycles. The second kappa shape index (κ2) is 9.56. The molecule has 0 aromatic carbocycles. The van der Waals surface area contributed by atoms with E-state index >= 15 is 0 Å². The van der Waals surface area contributed by atoms with Crippen LogP contribution < -0.4 is 0 Å². The van der Waals surface area contributed by atoms with Crippen LogP contribution in [0.3, 0.4) is 0 Å². The Hall–Kier alpha value is -0.880. The Kier molecular flexibility index (Phi) is 8.43. The Balaban J connectivity index is 0.000000243. The molecule has 140 valence electrons. The van der Waals surface area contributed by atoms with Crippen LogP contribution in [0.15, 0.2) is 0 Å². The molecule has 1 unspecified atom stereocenters. The molecule has 0 N–H and O–H groups in total. The Morgan fingerprint density at radius 2 is 1.83 bits per heavy atom. The zero-order valence-corrected chi connectivity index (χ0v) is 14.7. The minimum absolute atomic E-state index is 0.307. The molecule has 8 heteroatoms. The number of hydrogen-bond donors (Lipinski definition) is 0. The molecule has 0 aliphatic carbocycles. The lowest BCUT2D eigenvalue weighted by Gasteiger charge is -2.36. The van der Waals surface area contributed by atoms with Crippen LogP contribution in [-0.2, 0) is 9.47 Å². The molecule has 5 nitrogen and oxygen atoms in total. The zero-order valence-electron chi connectivity index (χ0n) is 14.7. The summed E-state index contributed by atoms with van der Waals surface area (Å²) in [5, 5.41) is 8.59. The zero-order chi connectivity index (χ0) is 18.2. The number of morpholine rings is 1. The molecule has 2 heterocycles. The van der Waals surface area contributed by atoms with Crippen LogP contribution in [0.5, 0.6) is 0 Å². The van der Waals surface area contributed by atoms with Gasteiger partial charge < -0.3 is 14.5 Å². The molecule has 24 heavy (non-hydrogen) atoms. The van der Waals surface area contributed by atoms with E-state index in [2.05, 4.69) is 29.7 Å². The Labute approximate surface area is 142 Å². The summed E-state index contributed by atoms with van der Waals surface area (Å²) in [6, 6.07) is 2.27. The number of likely N-dealkylation sites (N-methyl/N-ethyl adjacent to an activating group) is 1. The first-order valence-electron chi connectivity index (χ1n) is 8.20. The topological polar surface area (TPSA) is 48.7 Å². The first kappa shape index (κ1) is 21.2. The van der Waals surface area contributed by atoms with Gasteiger partial charge in [-0.25, -0.2) is 0 Å². The fourth-order valence-electron chi connectivity index (χ4n) is 2.68. The van der Waals surface area contributed by atoms with Crippen LogP contribution in [0.25, 0.3) is 0 Å². The van der Waals surface area contributed by atoms with Crippen molar-refractivity contribution < 1.29 is 22.6 Å². The Morgan fingerprint density at radius 1 is 1.21 bits per heavy atom. The maximum Gasteiger partial charge on any atom is 0.522 e. The molecule has 0 amide bonds. The van der Waals surface area contributed by atoms with E-state index in [9.17, 15) is 13.2 Å². The summed E-state index contributed by atoms with van der Waals surface area (Å²) >= 11 is 0. The van der Waals surface area contributed by atoms with Crippen LogP contribution in [0.1, 0.15) is 26.2 Å². The molecule has 2 fully saturated rings. The number of piperidine rings is 1.